The van der Waals surface area contributed by atoms with Crippen LogP contribution in [0.3, 0.4) is 0 Å². The summed E-state index contributed by atoms with van der Waals surface area (Å²) < 4.78 is 5.46. The molecule has 0 N–H and O–H groups in total. The standard InChI is InChI=1S/C17H18ClN3O2/c18-14-7-5-11(6-8-14)15-19-16(23-20-15)13-2-1-9-21(10-13)17(22)12-3-4-12/h5-8,12-13H,1-4,9-10H2/t13-/m1/s1. The van der Waals surface area contributed by atoms with E-state index < -0.39 is 0 Å². The molecule has 1 saturated heterocycles. The van der Waals surface area contributed by atoms with Gasteiger partial charge in [0.25, 0.3) is 0 Å². The number of benzene rings is 1. The molecule has 1 amide bonds. The second-order valence-corrected chi connectivity index (χ2v) is 6.80. The van der Waals surface area contributed by atoms with E-state index in [1.165, 1.54) is 0 Å². The third-order valence-electron chi connectivity index (χ3n) is 4.55. The third kappa shape index (κ3) is 3.11. The summed E-state index contributed by atoms with van der Waals surface area (Å²) in [5, 5.41) is 4.76. The summed E-state index contributed by atoms with van der Waals surface area (Å²) >= 11 is 5.90. The van der Waals surface area contributed by atoms with E-state index in [1.807, 2.05) is 29.2 Å². The maximum atomic E-state index is 12.2. The molecule has 6 heteroatoms. The fourth-order valence-electron chi connectivity index (χ4n) is 3.08. The Morgan fingerprint density at radius 2 is 2.00 bits per heavy atom. The minimum absolute atomic E-state index is 0.139. The molecule has 1 aliphatic carbocycles. The maximum absolute atomic E-state index is 12.2. The molecule has 5 nitrogen and oxygen atoms in total. The number of carbonyl (C=O) groups excluding carboxylic acids is 1. The van der Waals surface area contributed by atoms with Gasteiger partial charge in [0.1, 0.15) is 0 Å². The first-order valence-corrected chi connectivity index (χ1v) is 8.47. The molecule has 0 bridgehead atoms. The van der Waals surface area contributed by atoms with E-state index in [0.29, 0.717) is 29.2 Å². The highest BCUT2D eigenvalue weighted by Gasteiger charge is 2.36. The number of amides is 1. The predicted molar refractivity (Wildman–Crippen MR) is 86.0 cm³/mol. The Labute approximate surface area is 139 Å². The minimum Gasteiger partial charge on any atom is -0.342 e. The lowest BCUT2D eigenvalue weighted by atomic mass is 9.97. The number of rotatable bonds is 3. The molecule has 1 aliphatic heterocycles. The van der Waals surface area contributed by atoms with E-state index in [1.54, 1.807) is 0 Å². The SMILES string of the molecule is O=C(C1CC1)N1CCC[C@@H](c2nc(-c3ccc(Cl)cc3)no2)C1. The second-order valence-electron chi connectivity index (χ2n) is 6.36. The number of carbonyl (C=O) groups is 1. The Morgan fingerprint density at radius 1 is 1.22 bits per heavy atom. The monoisotopic (exact) mass is 331 g/mol. The number of hydrogen-bond donors (Lipinski definition) is 0. The Balaban J connectivity index is 1.49. The maximum Gasteiger partial charge on any atom is 0.231 e. The fourth-order valence-corrected chi connectivity index (χ4v) is 3.21. The van der Waals surface area contributed by atoms with Crippen LogP contribution in [0.4, 0.5) is 0 Å². The van der Waals surface area contributed by atoms with Gasteiger partial charge in [-0.25, -0.2) is 0 Å². The van der Waals surface area contributed by atoms with E-state index >= 15 is 0 Å². The molecule has 2 aliphatic rings. The quantitative estimate of drug-likeness (QED) is 0.863. The van der Waals surface area contributed by atoms with E-state index in [2.05, 4.69) is 10.1 Å². The van der Waals surface area contributed by atoms with Crippen LogP contribution in [0.5, 0.6) is 0 Å². The molecule has 0 unspecified atom stereocenters. The van der Waals surface area contributed by atoms with Crippen LogP contribution in [0.25, 0.3) is 11.4 Å². The Kier molecular flexibility index (Phi) is 3.81. The molecule has 1 aromatic carbocycles. The van der Waals surface area contributed by atoms with E-state index in [4.69, 9.17) is 16.1 Å². The summed E-state index contributed by atoms with van der Waals surface area (Å²) in [6.07, 6.45) is 4.06. The summed E-state index contributed by atoms with van der Waals surface area (Å²) in [5.41, 5.74) is 0.881. The van der Waals surface area contributed by atoms with Crippen LogP contribution in [-0.4, -0.2) is 34.0 Å². The van der Waals surface area contributed by atoms with Gasteiger partial charge in [0.15, 0.2) is 0 Å². The summed E-state index contributed by atoms with van der Waals surface area (Å²) in [7, 11) is 0. The van der Waals surface area contributed by atoms with Gasteiger partial charge in [-0.2, -0.15) is 4.98 Å². The largest absolute Gasteiger partial charge is 0.342 e. The zero-order valence-corrected chi connectivity index (χ0v) is 13.5. The van der Waals surface area contributed by atoms with Gasteiger partial charge >= 0.3 is 0 Å². The first-order chi connectivity index (χ1) is 11.2. The van der Waals surface area contributed by atoms with Gasteiger partial charge in [-0.1, -0.05) is 16.8 Å². The molecule has 2 aromatic rings. The van der Waals surface area contributed by atoms with Gasteiger partial charge in [-0.15, -0.1) is 0 Å². The molecule has 1 aromatic heterocycles. The van der Waals surface area contributed by atoms with Crippen molar-refractivity contribution in [2.24, 2.45) is 5.92 Å². The lowest BCUT2D eigenvalue weighted by Gasteiger charge is -2.31. The van der Waals surface area contributed by atoms with E-state index in [-0.39, 0.29) is 11.8 Å². The topological polar surface area (TPSA) is 59.2 Å². The summed E-state index contributed by atoms with van der Waals surface area (Å²) in [6.45, 7) is 1.54. The van der Waals surface area contributed by atoms with Crippen molar-refractivity contribution >= 4 is 17.5 Å². The molecular weight excluding hydrogens is 314 g/mol. The fraction of sp³-hybridized carbons (Fsp3) is 0.471. The number of piperidine rings is 1. The molecule has 0 radical (unpaired) electrons. The minimum atomic E-state index is 0.139. The molecule has 4 rings (SSSR count). The van der Waals surface area contributed by atoms with Crippen LogP contribution in [0.15, 0.2) is 28.8 Å². The second kappa shape index (κ2) is 5.96. The molecule has 0 spiro atoms. The summed E-state index contributed by atoms with van der Waals surface area (Å²) in [6, 6.07) is 7.37. The third-order valence-corrected chi connectivity index (χ3v) is 4.81. The molecule has 23 heavy (non-hydrogen) atoms. The zero-order valence-electron chi connectivity index (χ0n) is 12.7. The number of halogens is 1. The zero-order chi connectivity index (χ0) is 15.8. The average molecular weight is 332 g/mol. The first-order valence-electron chi connectivity index (χ1n) is 8.09. The van der Waals surface area contributed by atoms with E-state index in [9.17, 15) is 4.79 Å². The van der Waals surface area contributed by atoms with Crippen LogP contribution < -0.4 is 0 Å². The molecular formula is C17H18ClN3O2. The van der Waals surface area contributed by atoms with E-state index in [0.717, 1.165) is 37.8 Å². The van der Waals surface area contributed by atoms with Crippen molar-refractivity contribution in [1.82, 2.24) is 15.0 Å². The van der Waals surface area contributed by atoms with Crippen LogP contribution in [-0.2, 0) is 4.79 Å². The highest BCUT2D eigenvalue weighted by molar-refractivity contribution is 6.30. The summed E-state index contributed by atoms with van der Waals surface area (Å²) in [4.78, 5) is 18.7. The highest BCUT2D eigenvalue weighted by atomic mass is 35.5. The molecule has 2 heterocycles. The Morgan fingerprint density at radius 3 is 2.74 bits per heavy atom. The van der Waals surface area contributed by atoms with Gasteiger partial charge in [0.05, 0.1) is 5.92 Å². The van der Waals surface area contributed by atoms with Crippen LogP contribution in [0.2, 0.25) is 5.02 Å². The lowest BCUT2D eigenvalue weighted by Crippen LogP contribution is -2.40. The van der Waals surface area contributed by atoms with Crippen LogP contribution in [0.1, 0.15) is 37.5 Å². The van der Waals surface area contributed by atoms with Crippen molar-refractivity contribution in [1.29, 1.82) is 0 Å². The highest BCUT2D eigenvalue weighted by Crippen LogP contribution is 2.34. The average Bonchev–Trinajstić information content (AvgIpc) is 3.32. The van der Waals surface area contributed by atoms with Gasteiger partial charge in [-0.3, -0.25) is 4.79 Å². The van der Waals surface area contributed by atoms with Gasteiger partial charge < -0.3 is 9.42 Å². The number of aromatic nitrogens is 2. The van der Waals surface area contributed by atoms with Crippen molar-refractivity contribution in [2.75, 3.05) is 13.1 Å². The Hall–Kier alpha value is -1.88. The van der Waals surface area contributed by atoms with Gasteiger partial charge in [-0.05, 0) is 49.9 Å². The van der Waals surface area contributed by atoms with Gasteiger partial charge in [0.2, 0.25) is 17.6 Å². The lowest BCUT2D eigenvalue weighted by molar-refractivity contribution is -0.133. The Bertz CT molecular complexity index is 709. The predicted octanol–water partition coefficient (Wildman–Crippen LogP) is 3.51. The molecule has 1 saturated carbocycles. The molecule has 1 atom stereocenters. The number of nitrogens with zero attached hydrogens (tertiary/aromatic N) is 3. The normalized spacial score (nSPS) is 21.4. The van der Waals surface area contributed by atoms with Crippen molar-refractivity contribution < 1.29 is 9.32 Å². The van der Waals surface area contributed by atoms with Crippen molar-refractivity contribution in [2.45, 2.75) is 31.6 Å². The van der Waals surface area contributed by atoms with Crippen LogP contribution in [0, 0.1) is 5.92 Å². The number of hydrogen-bond acceptors (Lipinski definition) is 4. The molecule has 120 valence electrons. The smallest absolute Gasteiger partial charge is 0.231 e. The van der Waals surface area contributed by atoms with Crippen molar-refractivity contribution in [3.63, 3.8) is 0 Å². The van der Waals surface area contributed by atoms with Crippen molar-refractivity contribution in [3.8, 4) is 11.4 Å². The van der Waals surface area contributed by atoms with Gasteiger partial charge in [0, 0.05) is 29.6 Å². The molecule has 2 fully saturated rings. The van der Waals surface area contributed by atoms with Crippen molar-refractivity contribution in [3.05, 3.63) is 35.2 Å². The van der Waals surface area contributed by atoms with Crippen LogP contribution >= 0.6 is 11.6 Å². The summed E-state index contributed by atoms with van der Waals surface area (Å²) in [5.74, 6) is 1.90. The number of likely N-dealkylation sites (tertiary alicyclic amines) is 1. The first kappa shape index (κ1) is 14.7.